The second kappa shape index (κ2) is 80.3. The first-order chi connectivity index (χ1) is 52.7. The van der Waals surface area contributed by atoms with E-state index in [2.05, 4.69) is 149 Å². The van der Waals surface area contributed by atoms with E-state index in [4.69, 9.17) is 37.0 Å². The molecule has 0 amide bonds. The standard InChI is InChI=1S/C89H152O17P2/c1-5-9-13-17-21-25-29-33-37-39-41-43-47-50-54-58-62-66-70-74-87(92)100-80-85(106-89(94)76-72-68-64-60-56-52-48-44-42-40-38-34-30-26-22-18-14-10-6-2)82-104-108(97,98)102-78-83(90)77-101-107(95,96)103-81-84(105-88(93)75-71-67-63-59-55-51-46-36-32-28-24-20-16-12-8-4)79-99-86(91)73-69-65-61-57-53-49-45-35-31-27-23-19-15-11-7-3/h10,14,21-22,25-27,31,33-34,37-38,41-44,50,52,54,56,62,66,83-85,90H,5-9,11-13,15-20,23-24,28-30,32,35-36,39-40,45-49,51,53,55,57-61,63-65,67-82H2,1-4H3,(H,95,96)(H,97,98)/b14-10-,25-21-,26-22-,31-27-,37-33-,38-34-,43-41-,44-42-,54-50-,56-52-,66-62-/t83-,84+,85+/m0/s1. The number of phosphoric ester groups is 2. The fourth-order valence-corrected chi connectivity index (χ4v) is 12.7. The van der Waals surface area contributed by atoms with E-state index in [1.165, 1.54) is 122 Å². The summed E-state index contributed by atoms with van der Waals surface area (Å²) in [7, 11) is -10.00. The first kappa shape index (κ1) is 103. The Morgan fingerprint density at radius 2 is 0.500 bits per heavy atom. The molecule has 620 valence electrons. The van der Waals surface area contributed by atoms with Crippen LogP contribution in [0.5, 0.6) is 0 Å². The first-order valence-corrected chi connectivity index (χ1v) is 45.4. The number of phosphoric acid groups is 2. The molecule has 17 nitrogen and oxygen atoms in total. The number of carbonyl (C=O) groups excluding carboxylic acids is 4. The highest BCUT2D eigenvalue weighted by Gasteiger charge is 2.30. The number of carbonyl (C=O) groups is 4. The lowest BCUT2D eigenvalue weighted by atomic mass is 10.0. The lowest BCUT2D eigenvalue weighted by Gasteiger charge is -2.21. The van der Waals surface area contributed by atoms with Gasteiger partial charge in [-0.15, -0.1) is 0 Å². The summed E-state index contributed by atoms with van der Waals surface area (Å²) in [6.07, 6.45) is 91.4. The third-order valence-electron chi connectivity index (χ3n) is 17.6. The topological polar surface area (TPSA) is 237 Å². The van der Waals surface area contributed by atoms with Gasteiger partial charge < -0.3 is 33.8 Å². The van der Waals surface area contributed by atoms with Crippen molar-refractivity contribution < 1.29 is 80.2 Å². The smallest absolute Gasteiger partial charge is 0.462 e. The van der Waals surface area contributed by atoms with Crippen LogP contribution >= 0.6 is 15.6 Å². The first-order valence-electron chi connectivity index (χ1n) is 42.4. The van der Waals surface area contributed by atoms with E-state index in [-0.39, 0.29) is 25.7 Å². The van der Waals surface area contributed by atoms with Gasteiger partial charge in [0.1, 0.15) is 19.3 Å². The molecule has 0 saturated carbocycles. The summed E-state index contributed by atoms with van der Waals surface area (Å²) >= 11 is 0. The minimum absolute atomic E-state index is 0.0273. The van der Waals surface area contributed by atoms with Crippen LogP contribution in [0, 0.1) is 0 Å². The number of hydrogen-bond acceptors (Lipinski definition) is 15. The van der Waals surface area contributed by atoms with Gasteiger partial charge in [0.2, 0.25) is 0 Å². The molecule has 19 heteroatoms. The monoisotopic (exact) mass is 1560 g/mol. The second-order valence-electron chi connectivity index (χ2n) is 28.0. The molecule has 0 saturated heterocycles. The quantitative estimate of drug-likeness (QED) is 0.0169. The highest BCUT2D eigenvalue weighted by molar-refractivity contribution is 7.47. The molecule has 0 rings (SSSR count). The van der Waals surface area contributed by atoms with Crippen molar-refractivity contribution in [2.24, 2.45) is 0 Å². The Morgan fingerprint density at radius 3 is 0.843 bits per heavy atom. The van der Waals surface area contributed by atoms with E-state index in [1.807, 2.05) is 12.2 Å². The Balaban J connectivity index is 5.47. The molecule has 0 spiro atoms. The van der Waals surface area contributed by atoms with Crippen LogP contribution in [0.15, 0.2) is 134 Å². The summed E-state index contributed by atoms with van der Waals surface area (Å²) in [5.41, 5.74) is 0. The van der Waals surface area contributed by atoms with Crippen molar-refractivity contribution in [1.29, 1.82) is 0 Å². The molecule has 0 radical (unpaired) electrons. The van der Waals surface area contributed by atoms with Crippen molar-refractivity contribution in [1.82, 2.24) is 0 Å². The predicted molar refractivity (Wildman–Crippen MR) is 445 cm³/mol. The highest BCUT2D eigenvalue weighted by atomic mass is 31.2. The molecular weight excluding hydrogens is 1400 g/mol. The minimum Gasteiger partial charge on any atom is -0.462 e. The molecule has 0 aromatic carbocycles. The largest absolute Gasteiger partial charge is 0.472 e. The Labute approximate surface area is 656 Å². The third kappa shape index (κ3) is 79.3. The molecular formula is C89H152O17P2. The molecule has 0 bridgehead atoms. The maximum absolute atomic E-state index is 13.1. The van der Waals surface area contributed by atoms with Gasteiger partial charge >= 0.3 is 39.5 Å². The second-order valence-corrected chi connectivity index (χ2v) is 30.9. The van der Waals surface area contributed by atoms with Gasteiger partial charge in [0.25, 0.3) is 0 Å². The van der Waals surface area contributed by atoms with Gasteiger partial charge in [0.05, 0.1) is 26.4 Å². The number of rotatable bonds is 79. The Kier molecular flexibility index (Phi) is 76.7. The summed E-state index contributed by atoms with van der Waals surface area (Å²) in [6.45, 7) is 4.64. The summed E-state index contributed by atoms with van der Waals surface area (Å²) in [5.74, 6) is -2.30. The molecule has 3 N–H and O–H groups in total. The van der Waals surface area contributed by atoms with Gasteiger partial charge in [-0.1, -0.05) is 322 Å². The lowest BCUT2D eigenvalue weighted by molar-refractivity contribution is -0.161. The van der Waals surface area contributed by atoms with E-state index in [9.17, 15) is 43.2 Å². The summed E-state index contributed by atoms with van der Waals surface area (Å²) in [6, 6.07) is 0. The Hall–Kier alpha value is -4.80. The van der Waals surface area contributed by atoms with Crippen molar-refractivity contribution in [3.63, 3.8) is 0 Å². The van der Waals surface area contributed by atoms with Crippen molar-refractivity contribution in [2.45, 2.75) is 367 Å². The van der Waals surface area contributed by atoms with Gasteiger partial charge in [-0.3, -0.25) is 37.3 Å². The van der Waals surface area contributed by atoms with Crippen LogP contribution in [0.3, 0.4) is 0 Å². The van der Waals surface area contributed by atoms with Gasteiger partial charge in [-0.2, -0.15) is 0 Å². The van der Waals surface area contributed by atoms with Gasteiger partial charge in [0, 0.05) is 25.7 Å². The normalized spacial score (nSPS) is 14.5. The molecule has 0 heterocycles. The van der Waals surface area contributed by atoms with E-state index < -0.39 is 97.5 Å². The fraction of sp³-hybridized carbons (Fsp3) is 0.708. The predicted octanol–water partition coefficient (Wildman–Crippen LogP) is 25.2. The Bertz CT molecular complexity index is 2560. The summed E-state index contributed by atoms with van der Waals surface area (Å²) in [5, 5.41) is 10.7. The maximum Gasteiger partial charge on any atom is 0.472 e. The zero-order valence-corrected chi connectivity index (χ0v) is 69.8. The minimum atomic E-state index is -5.01. The molecule has 0 aliphatic carbocycles. The van der Waals surface area contributed by atoms with Crippen LogP contribution in [-0.2, 0) is 65.4 Å². The number of unbranched alkanes of at least 4 members (excludes halogenated alkanes) is 31. The fourth-order valence-electron chi connectivity index (χ4n) is 11.2. The number of ether oxygens (including phenoxy) is 4. The van der Waals surface area contributed by atoms with Crippen LogP contribution in [-0.4, -0.2) is 96.7 Å². The maximum atomic E-state index is 13.1. The molecule has 2 unspecified atom stereocenters. The number of hydrogen-bond donors (Lipinski definition) is 3. The lowest BCUT2D eigenvalue weighted by Crippen LogP contribution is -2.30. The average Bonchev–Trinajstić information content (AvgIpc) is 0.900. The average molecular weight is 1560 g/mol. The van der Waals surface area contributed by atoms with Crippen LogP contribution in [0.1, 0.15) is 349 Å². The summed E-state index contributed by atoms with van der Waals surface area (Å²) in [4.78, 5) is 73.2. The van der Waals surface area contributed by atoms with Gasteiger partial charge in [-0.05, 0) is 135 Å². The van der Waals surface area contributed by atoms with Crippen LogP contribution in [0.4, 0.5) is 0 Å². The molecule has 5 atom stereocenters. The molecule has 0 aliphatic heterocycles. The van der Waals surface area contributed by atoms with Crippen LogP contribution in [0.25, 0.3) is 0 Å². The van der Waals surface area contributed by atoms with Gasteiger partial charge in [0.15, 0.2) is 12.2 Å². The molecule has 0 aliphatic rings. The van der Waals surface area contributed by atoms with E-state index in [0.29, 0.717) is 32.1 Å². The van der Waals surface area contributed by atoms with Crippen molar-refractivity contribution in [3.8, 4) is 0 Å². The van der Waals surface area contributed by atoms with Gasteiger partial charge in [-0.25, -0.2) is 9.13 Å². The zero-order valence-electron chi connectivity index (χ0n) is 68.0. The molecule has 0 aromatic rings. The number of aliphatic hydroxyl groups excluding tert-OH is 1. The van der Waals surface area contributed by atoms with Crippen LogP contribution < -0.4 is 0 Å². The van der Waals surface area contributed by atoms with Crippen molar-refractivity contribution in [3.05, 3.63) is 134 Å². The SMILES string of the molecule is CC/C=C\C/C=C\C/C=C\C/C=C\C/C=C\CCCCCC(=O)O[C@H](COC(=O)CC/C=C\C/C=C\C/C=C\C/C=C\C/C=C\CCCCC)COP(=O)(O)OC[C@@H](O)COP(=O)(O)OC[C@@H](COC(=O)CCCCCCCCC/C=C\CCCCCC)OC(=O)CCCCCCCCCCCCCCCCC. The van der Waals surface area contributed by atoms with Crippen molar-refractivity contribution >= 4 is 39.5 Å². The number of allylic oxidation sites excluding steroid dienone is 22. The summed E-state index contributed by atoms with van der Waals surface area (Å²) < 4.78 is 68.7. The molecule has 108 heavy (non-hydrogen) atoms. The third-order valence-corrected chi connectivity index (χ3v) is 19.5. The van der Waals surface area contributed by atoms with E-state index in [1.54, 1.807) is 0 Å². The molecule has 0 fully saturated rings. The number of aliphatic hydroxyl groups is 1. The number of esters is 4. The highest BCUT2D eigenvalue weighted by Crippen LogP contribution is 2.45. The van der Waals surface area contributed by atoms with Crippen molar-refractivity contribution in [2.75, 3.05) is 39.6 Å². The zero-order chi connectivity index (χ0) is 78.9. The van der Waals surface area contributed by atoms with Crippen LogP contribution in [0.2, 0.25) is 0 Å². The Morgan fingerprint density at radius 1 is 0.269 bits per heavy atom. The van der Waals surface area contributed by atoms with E-state index in [0.717, 1.165) is 141 Å². The molecule has 0 aromatic heterocycles. The van der Waals surface area contributed by atoms with E-state index >= 15 is 0 Å².